The number of ether oxygens (including phenoxy) is 1. The summed E-state index contributed by atoms with van der Waals surface area (Å²) in [4.78, 5) is 21.8. The van der Waals surface area contributed by atoms with Crippen LogP contribution in [-0.4, -0.2) is 59.1 Å². The molecule has 3 rings (SSSR count). The molecule has 10 heteroatoms. The van der Waals surface area contributed by atoms with Crippen molar-refractivity contribution in [3.8, 4) is 0 Å². The number of piperazine rings is 1. The van der Waals surface area contributed by atoms with E-state index < -0.39 is 0 Å². The van der Waals surface area contributed by atoms with Crippen molar-refractivity contribution in [1.29, 1.82) is 0 Å². The van der Waals surface area contributed by atoms with Gasteiger partial charge in [-0.1, -0.05) is 0 Å². The van der Waals surface area contributed by atoms with E-state index in [0.717, 1.165) is 42.8 Å². The highest BCUT2D eigenvalue weighted by atomic mass is 127. The van der Waals surface area contributed by atoms with Crippen molar-refractivity contribution in [2.45, 2.75) is 19.6 Å². The van der Waals surface area contributed by atoms with Gasteiger partial charge in [-0.05, 0) is 13.0 Å². The second kappa shape index (κ2) is 9.97. The summed E-state index contributed by atoms with van der Waals surface area (Å²) in [7, 11) is 1.68. The molecule has 0 radical (unpaired) electrons. The van der Waals surface area contributed by atoms with Crippen molar-refractivity contribution in [3.63, 3.8) is 0 Å². The Kier molecular flexibility index (Phi) is 7.97. The Balaban J connectivity index is 0.00000243. The van der Waals surface area contributed by atoms with E-state index in [-0.39, 0.29) is 30.1 Å². The third-order valence-corrected chi connectivity index (χ3v) is 5.17. The molecule has 0 spiro atoms. The first-order chi connectivity index (χ1) is 12.2. The Morgan fingerprint density at radius 3 is 2.65 bits per heavy atom. The summed E-state index contributed by atoms with van der Waals surface area (Å²) >= 11 is 1.59. The third-order valence-electron chi connectivity index (χ3n) is 4.11. The van der Waals surface area contributed by atoms with Gasteiger partial charge in [-0.2, -0.15) is 0 Å². The topological polar surface area (TPSA) is 92.8 Å². The SMILES string of the molecule is COC(C)c1nc(CN=C(N)N2CCN(c3ncccn3)CC2)cs1.I. The zero-order valence-corrected chi connectivity index (χ0v) is 18.1. The number of rotatable bonds is 5. The molecule has 2 N–H and O–H groups in total. The Bertz CT molecular complexity index is 704. The quantitative estimate of drug-likeness (QED) is 0.390. The molecule has 0 aromatic carbocycles. The van der Waals surface area contributed by atoms with Crippen LogP contribution in [0, 0.1) is 0 Å². The molecular formula is C16H24IN7OS. The Morgan fingerprint density at radius 1 is 1.31 bits per heavy atom. The molecule has 0 amide bonds. The Morgan fingerprint density at radius 2 is 2.00 bits per heavy atom. The van der Waals surface area contributed by atoms with Crippen LogP contribution in [0.5, 0.6) is 0 Å². The molecule has 26 heavy (non-hydrogen) atoms. The van der Waals surface area contributed by atoms with Gasteiger partial charge in [0.15, 0.2) is 5.96 Å². The molecule has 1 fully saturated rings. The lowest BCUT2D eigenvalue weighted by molar-refractivity contribution is 0.119. The molecule has 142 valence electrons. The van der Waals surface area contributed by atoms with Gasteiger partial charge in [-0.25, -0.2) is 19.9 Å². The minimum absolute atomic E-state index is 0. The largest absolute Gasteiger partial charge is 0.375 e. The van der Waals surface area contributed by atoms with Gasteiger partial charge < -0.3 is 20.3 Å². The third kappa shape index (κ3) is 5.24. The van der Waals surface area contributed by atoms with Crippen molar-refractivity contribution in [1.82, 2.24) is 19.9 Å². The van der Waals surface area contributed by atoms with Crippen LogP contribution >= 0.6 is 35.3 Å². The molecular weight excluding hydrogens is 465 g/mol. The summed E-state index contributed by atoms with van der Waals surface area (Å²) in [5.41, 5.74) is 7.07. The fraction of sp³-hybridized carbons (Fsp3) is 0.500. The van der Waals surface area contributed by atoms with Crippen LogP contribution < -0.4 is 10.6 Å². The van der Waals surface area contributed by atoms with Gasteiger partial charge >= 0.3 is 0 Å². The molecule has 1 saturated heterocycles. The summed E-state index contributed by atoms with van der Waals surface area (Å²) < 4.78 is 5.28. The first kappa shape index (κ1) is 20.8. The van der Waals surface area contributed by atoms with Gasteiger partial charge in [0.25, 0.3) is 0 Å². The van der Waals surface area contributed by atoms with Gasteiger partial charge in [-0.15, -0.1) is 35.3 Å². The van der Waals surface area contributed by atoms with Crippen LogP contribution in [0.3, 0.4) is 0 Å². The number of anilines is 1. The van der Waals surface area contributed by atoms with Gasteiger partial charge in [0.1, 0.15) is 11.1 Å². The van der Waals surface area contributed by atoms with Crippen LogP contribution in [0.4, 0.5) is 5.95 Å². The van der Waals surface area contributed by atoms with Crippen LogP contribution in [-0.2, 0) is 11.3 Å². The molecule has 0 bridgehead atoms. The first-order valence-electron chi connectivity index (χ1n) is 8.21. The van der Waals surface area contributed by atoms with Crippen molar-refractivity contribution in [2.24, 2.45) is 10.7 Å². The molecule has 2 aromatic heterocycles. The number of nitrogens with two attached hydrogens (primary N) is 1. The summed E-state index contributed by atoms with van der Waals surface area (Å²) in [6.45, 7) is 5.73. The Hall–Kier alpha value is -1.53. The molecule has 2 aromatic rings. The highest BCUT2D eigenvalue weighted by Gasteiger charge is 2.20. The van der Waals surface area contributed by atoms with Gasteiger partial charge in [0.05, 0.1) is 12.2 Å². The summed E-state index contributed by atoms with van der Waals surface area (Å²) in [6.07, 6.45) is 3.53. The highest BCUT2D eigenvalue weighted by Crippen LogP contribution is 2.20. The highest BCUT2D eigenvalue weighted by molar-refractivity contribution is 14.0. The monoisotopic (exact) mass is 489 g/mol. The smallest absolute Gasteiger partial charge is 0.225 e. The minimum atomic E-state index is 0. The maximum Gasteiger partial charge on any atom is 0.225 e. The van der Waals surface area contributed by atoms with E-state index in [2.05, 4.69) is 29.7 Å². The van der Waals surface area contributed by atoms with E-state index in [9.17, 15) is 0 Å². The molecule has 1 atom stereocenters. The Labute approximate surface area is 174 Å². The van der Waals surface area contributed by atoms with Crippen molar-refractivity contribution < 1.29 is 4.74 Å². The van der Waals surface area contributed by atoms with E-state index in [4.69, 9.17) is 10.5 Å². The van der Waals surface area contributed by atoms with E-state index in [1.165, 1.54) is 0 Å². The number of aromatic nitrogens is 3. The minimum Gasteiger partial charge on any atom is -0.375 e. The molecule has 1 aliphatic heterocycles. The number of guanidine groups is 1. The van der Waals surface area contributed by atoms with Gasteiger partial charge in [-0.3, -0.25) is 0 Å². The number of halogens is 1. The molecule has 3 heterocycles. The van der Waals surface area contributed by atoms with Crippen LogP contribution in [0.25, 0.3) is 0 Å². The molecule has 1 unspecified atom stereocenters. The molecule has 8 nitrogen and oxygen atoms in total. The zero-order chi connectivity index (χ0) is 17.6. The normalized spacial score (nSPS) is 16.3. The lowest BCUT2D eigenvalue weighted by atomic mass is 10.3. The van der Waals surface area contributed by atoms with Crippen LogP contribution in [0.15, 0.2) is 28.8 Å². The maximum absolute atomic E-state index is 6.15. The predicted octanol–water partition coefficient (Wildman–Crippen LogP) is 1.90. The van der Waals surface area contributed by atoms with E-state index >= 15 is 0 Å². The lowest BCUT2D eigenvalue weighted by Crippen LogP contribution is -2.51. The van der Waals surface area contributed by atoms with Crippen LogP contribution in [0.2, 0.25) is 0 Å². The van der Waals surface area contributed by atoms with E-state index in [0.29, 0.717) is 12.5 Å². The first-order valence-corrected chi connectivity index (χ1v) is 9.09. The van der Waals surface area contributed by atoms with Crippen molar-refractivity contribution >= 4 is 47.2 Å². The van der Waals surface area contributed by atoms with E-state index in [1.54, 1.807) is 30.8 Å². The second-order valence-corrected chi connectivity index (χ2v) is 6.64. The molecule has 0 aliphatic carbocycles. The summed E-state index contributed by atoms with van der Waals surface area (Å²) in [5, 5.41) is 2.97. The van der Waals surface area contributed by atoms with E-state index in [1.807, 2.05) is 18.4 Å². The second-order valence-electron chi connectivity index (χ2n) is 5.75. The predicted molar refractivity (Wildman–Crippen MR) is 114 cm³/mol. The maximum atomic E-state index is 6.15. The average Bonchev–Trinajstić information content (AvgIpc) is 3.15. The summed E-state index contributed by atoms with van der Waals surface area (Å²) in [6, 6.07) is 1.82. The number of hydrogen-bond acceptors (Lipinski definition) is 7. The molecule has 0 saturated carbocycles. The van der Waals surface area contributed by atoms with Gasteiger partial charge in [0.2, 0.25) is 5.95 Å². The number of methoxy groups -OCH3 is 1. The number of aliphatic imine (C=N–C) groups is 1. The van der Waals surface area contributed by atoms with Crippen molar-refractivity contribution in [3.05, 3.63) is 34.5 Å². The lowest BCUT2D eigenvalue weighted by Gasteiger charge is -2.35. The fourth-order valence-electron chi connectivity index (χ4n) is 2.53. The molecule has 1 aliphatic rings. The number of nitrogens with zero attached hydrogens (tertiary/aromatic N) is 6. The average molecular weight is 489 g/mol. The standard InChI is InChI=1S/C16H23N7OS.HI/c1-12(24-2)14-21-13(11-25-14)10-20-15(17)22-6-8-23(9-7-22)16-18-4-3-5-19-16;/h3-5,11-12H,6-10H2,1-2H3,(H2,17,20);1H. The summed E-state index contributed by atoms with van der Waals surface area (Å²) in [5.74, 6) is 1.32. The zero-order valence-electron chi connectivity index (χ0n) is 14.9. The van der Waals surface area contributed by atoms with Crippen molar-refractivity contribution in [2.75, 3.05) is 38.2 Å². The van der Waals surface area contributed by atoms with Gasteiger partial charge in [0, 0.05) is 51.1 Å². The fourth-order valence-corrected chi connectivity index (χ4v) is 3.38. The van der Waals surface area contributed by atoms with Crippen LogP contribution in [0.1, 0.15) is 23.7 Å². The number of hydrogen-bond donors (Lipinski definition) is 1. The number of thiazole rings is 1.